The molecule has 0 radical (unpaired) electrons. The summed E-state index contributed by atoms with van der Waals surface area (Å²) in [6.45, 7) is 12.5. The van der Waals surface area contributed by atoms with Crippen molar-refractivity contribution in [1.82, 2.24) is 0 Å². The zero-order valence-corrected chi connectivity index (χ0v) is 14.9. The normalized spacial score (nSPS) is 12.8. The lowest BCUT2D eigenvalue weighted by molar-refractivity contribution is 0.423. The van der Waals surface area contributed by atoms with Crippen LogP contribution in [0.4, 0.5) is 11.4 Å². The lowest BCUT2D eigenvalue weighted by Gasteiger charge is -2.27. The second kappa shape index (κ2) is 6.15. The van der Waals surface area contributed by atoms with Crippen LogP contribution in [0.3, 0.4) is 0 Å². The molecule has 0 saturated heterocycles. The number of phenols is 1. The Hall–Kier alpha value is -2.16. The minimum atomic E-state index is -0.164. The molecule has 3 nitrogen and oxygen atoms in total. The molecule has 0 heterocycles. The van der Waals surface area contributed by atoms with Crippen molar-refractivity contribution in [1.29, 1.82) is 0 Å². The summed E-state index contributed by atoms with van der Waals surface area (Å²) in [5, 5.41) is 19.4. The highest BCUT2D eigenvalue weighted by atomic mass is 16.3. The predicted molar refractivity (Wildman–Crippen MR) is 96.1 cm³/mol. The van der Waals surface area contributed by atoms with Gasteiger partial charge in [0.1, 0.15) is 5.75 Å². The molecule has 2 aromatic carbocycles. The Kier molecular flexibility index (Phi) is 4.60. The van der Waals surface area contributed by atoms with E-state index in [1.807, 2.05) is 42.5 Å². The highest BCUT2D eigenvalue weighted by Crippen LogP contribution is 2.41. The fraction of sp³-hybridized carbons (Fsp3) is 0.400. The van der Waals surface area contributed by atoms with Gasteiger partial charge in [0.25, 0.3) is 0 Å². The molecule has 0 atom stereocenters. The second-order valence-electron chi connectivity index (χ2n) is 7.93. The van der Waals surface area contributed by atoms with E-state index in [1.165, 1.54) is 0 Å². The Balaban J connectivity index is 2.54. The quantitative estimate of drug-likeness (QED) is 0.640. The van der Waals surface area contributed by atoms with Crippen LogP contribution in [0.2, 0.25) is 0 Å². The van der Waals surface area contributed by atoms with Gasteiger partial charge in [-0.2, -0.15) is 10.2 Å². The molecular formula is C20H26N2O. The van der Waals surface area contributed by atoms with E-state index in [0.29, 0.717) is 5.75 Å². The molecule has 0 aromatic heterocycles. The van der Waals surface area contributed by atoms with Crippen molar-refractivity contribution < 1.29 is 5.11 Å². The highest BCUT2D eigenvalue weighted by Gasteiger charge is 2.26. The molecule has 122 valence electrons. The molecule has 0 aliphatic heterocycles. The summed E-state index contributed by atoms with van der Waals surface area (Å²) in [5.41, 5.74) is 3.04. The third-order valence-corrected chi connectivity index (χ3v) is 3.75. The molecular weight excluding hydrogens is 284 g/mol. The van der Waals surface area contributed by atoms with Gasteiger partial charge in [-0.15, -0.1) is 0 Å². The van der Waals surface area contributed by atoms with Crippen molar-refractivity contribution >= 4 is 11.4 Å². The van der Waals surface area contributed by atoms with Gasteiger partial charge in [-0.25, -0.2) is 0 Å². The van der Waals surface area contributed by atoms with Crippen molar-refractivity contribution in [2.24, 2.45) is 10.2 Å². The fourth-order valence-corrected chi connectivity index (χ4v) is 2.43. The van der Waals surface area contributed by atoms with Crippen LogP contribution in [0, 0.1) is 0 Å². The molecule has 0 fully saturated rings. The van der Waals surface area contributed by atoms with Crippen molar-refractivity contribution in [3.05, 3.63) is 53.6 Å². The van der Waals surface area contributed by atoms with Crippen molar-refractivity contribution in [3.8, 4) is 5.75 Å². The topological polar surface area (TPSA) is 45.0 Å². The van der Waals surface area contributed by atoms with E-state index >= 15 is 0 Å². The Bertz CT molecular complexity index is 670. The third-order valence-electron chi connectivity index (χ3n) is 3.75. The minimum Gasteiger partial charge on any atom is -0.507 e. The third kappa shape index (κ3) is 4.19. The van der Waals surface area contributed by atoms with Gasteiger partial charge in [-0.1, -0.05) is 59.7 Å². The first-order valence-electron chi connectivity index (χ1n) is 7.94. The van der Waals surface area contributed by atoms with E-state index in [0.717, 1.165) is 22.5 Å². The van der Waals surface area contributed by atoms with Gasteiger partial charge in [-0.3, -0.25) is 0 Å². The van der Waals surface area contributed by atoms with Crippen LogP contribution in [-0.2, 0) is 10.8 Å². The van der Waals surface area contributed by atoms with Gasteiger partial charge >= 0.3 is 0 Å². The number of phenolic OH excluding ortho intramolecular Hbond substituents is 1. The Morgan fingerprint density at radius 2 is 1.13 bits per heavy atom. The van der Waals surface area contributed by atoms with Gasteiger partial charge in [0, 0.05) is 11.1 Å². The largest absolute Gasteiger partial charge is 0.507 e. The van der Waals surface area contributed by atoms with Gasteiger partial charge < -0.3 is 5.11 Å². The number of benzene rings is 2. The first kappa shape index (κ1) is 17.2. The number of rotatable bonds is 2. The summed E-state index contributed by atoms with van der Waals surface area (Å²) >= 11 is 0. The van der Waals surface area contributed by atoms with E-state index in [9.17, 15) is 5.11 Å². The van der Waals surface area contributed by atoms with Gasteiger partial charge in [-0.05, 0) is 35.1 Å². The highest BCUT2D eigenvalue weighted by molar-refractivity contribution is 5.56. The number of hydrogen-bond acceptors (Lipinski definition) is 3. The first-order chi connectivity index (χ1) is 10.6. The monoisotopic (exact) mass is 310 g/mol. The summed E-state index contributed by atoms with van der Waals surface area (Å²) in [4.78, 5) is 0. The van der Waals surface area contributed by atoms with Crippen LogP contribution in [0.15, 0.2) is 52.7 Å². The molecule has 0 saturated carbocycles. The van der Waals surface area contributed by atoms with Gasteiger partial charge in [0.05, 0.1) is 11.4 Å². The molecule has 2 rings (SSSR count). The van der Waals surface area contributed by atoms with Crippen molar-refractivity contribution in [2.75, 3.05) is 0 Å². The van der Waals surface area contributed by atoms with Crippen LogP contribution in [0.5, 0.6) is 5.75 Å². The summed E-state index contributed by atoms with van der Waals surface area (Å²) in [6.07, 6.45) is 0. The molecule has 3 heteroatoms. The number of nitrogens with zero attached hydrogens (tertiary/aromatic N) is 2. The summed E-state index contributed by atoms with van der Waals surface area (Å²) in [5.74, 6) is 0.365. The van der Waals surface area contributed by atoms with Crippen LogP contribution in [-0.4, -0.2) is 5.11 Å². The number of hydrogen-bond donors (Lipinski definition) is 1. The van der Waals surface area contributed by atoms with Crippen LogP contribution in [0.25, 0.3) is 0 Å². The van der Waals surface area contributed by atoms with Gasteiger partial charge in [0.15, 0.2) is 0 Å². The maximum atomic E-state index is 10.7. The maximum Gasteiger partial charge on any atom is 0.123 e. The van der Waals surface area contributed by atoms with E-state index in [1.54, 1.807) is 0 Å². The van der Waals surface area contributed by atoms with E-state index in [2.05, 4.69) is 51.8 Å². The molecule has 0 aliphatic rings. The smallest absolute Gasteiger partial charge is 0.123 e. The van der Waals surface area contributed by atoms with Crippen LogP contribution in [0.1, 0.15) is 52.7 Å². The molecule has 0 unspecified atom stereocenters. The Morgan fingerprint density at radius 3 is 1.57 bits per heavy atom. The fourth-order valence-electron chi connectivity index (χ4n) is 2.43. The SMILES string of the molecule is CC(C)(C)c1cc(N=Nc2ccccc2)cc(C(C)(C)C)c1O. The molecule has 1 N–H and O–H groups in total. The Morgan fingerprint density at radius 1 is 0.696 bits per heavy atom. The molecule has 2 aromatic rings. The van der Waals surface area contributed by atoms with E-state index in [4.69, 9.17) is 0 Å². The molecule has 23 heavy (non-hydrogen) atoms. The van der Waals surface area contributed by atoms with Crippen molar-refractivity contribution in [2.45, 2.75) is 52.4 Å². The average Bonchev–Trinajstić information content (AvgIpc) is 2.44. The Labute approximate surface area is 139 Å². The van der Waals surface area contributed by atoms with Gasteiger partial charge in [0.2, 0.25) is 0 Å². The number of azo groups is 1. The average molecular weight is 310 g/mol. The predicted octanol–water partition coefficient (Wildman–Crippen LogP) is 6.40. The molecule has 0 bridgehead atoms. The zero-order chi connectivity index (χ0) is 17.3. The summed E-state index contributed by atoms with van der Waals surface area (Å²) in [6, 6.07) is 13.5. The lowest BCUT2D eigenvalue weighted by Crippen LogP contribution is -2.16. The molecule has 0 amide bonds. The zero-order valence-electron chi connectivity index (χ0n) is 14.9. The molecule has 0 aliphatic carbocycles. The summed E-state index contributed by atoms with van der Waals surface area (Å²) in [7, 11) is 0. The maximum absolute atomic E-state index is 10.7. The lowest BCUT2D eigenvalue weighted by atomic mass is 9.79. The van der Waals surface area contributed by atoms with E-state index in [-0.39, 0.29) is 10.8 Å². The summed E-state index contributed by atoms with van der Waals surface area (Å²) < 4.78 is 0. The van der Waals surface area contributed by atoms with E-state index < -0.39 is 0 Å². The standard InChI is InChI=1S/C20H26N2O/c1-19(2,3)16-12-15(13-17(18(16)23)20(4,5)6)22-21-14-10-8-7-9-11-14/h7-13,23H,1-6H3. The van der Waals surface area contributed by atoms with Crippen LogP contribution < -0.4 is 0 Å². The minimum absolute atomic E-state index is 0.164. The first-order valence-corrected chi connectivity index (χ1v) is 7.94. The van der Waals surface area contributed by atoms with Crippen molar-refractivity contribution in [3.63, 3.8) is 0 Å². The van der Waals surface area contributed by atoms with Crippen LogP contribution >= 0.6 is 0 Å². The molecule has 0 spiro atoms. The second-order valence-corrected chi connectivity index (χ2v) is 7.93. The number of aromatic hydroxyl groups is 1.